The molecule has 0 saturated carbocycles. The van der Waals surface area contributed by atoms with Gasteiger partial charge in [0, 0.05) is 5.56 Å². The largest absolute Gasteiger partial charge is 0.358 e. The average Bonchev–Trinajstić information content (AvgIpc) is 2.90. The second kappa shape index (κ2) is 5.42. The van der Waals surface area contributed by atoms with Crippen LogP contribution in [0.2, 0.25) is 5.02 Å². The topological polar surface area (TPSA) is 52.2 Å². The Hall–Kier alpha value is -2.59. The Balaban J connectivity index is 2.14. The molecule has 0 saturated heterocycles. The lowest BCUT2D eigenvalue weighted by molar-refractivity contribution is 0.0843. The molecule has 3 rings (SSSR count). The maximum atomic E-state index is 12.5. The molecule has 0 aliphatic heterocycles. The number of hydrogen-bond donors (Lipinski definition) is 0. The van der Waals surface area contributed by atoms with Crippen molar-refractivity contribution in [2.45, 2.75) is 0 Å². The molecule has 21 heavy (non-hydrogen) atoms. The molecule has 104 valence electrons. The normalized spacial score (nSPS) is 10.5. The van der Waals surface area contributed by atoms with Crippen molar-refractivity contribution in [1.82, 2.24) is 4.74 Å². The van der Waals surface area contributed by atoms with Gasteiger partial charge in [-0.15, -0.1) is 4.74 Å². The van der Waals surface area contributed by atoms with Gasteiger partial charge in [0.2, 0.25) is 0 Å². The van der Waals surface area contributed by atoms with E-state index in [0.29, 0.717) is 16.3 Å². The number of aromatic nitrogens is 1. The zero-order valence-corrected chi connectivity index (χ0v) is 11.6. The van der Waals surface area contributed by atoms with Gasteiger partial charge in [-0.3, -0.25) is 4.79 Å². The van der Waals surface area contributed by atoms with E-state index in [1.54, 1.807) is 36.4 Å². The SMILES string of the molecule is O=C(c1ccccc1Cl)n1oc(=O)cc1-c1ccccc1. The van der Waals surface area contributed by atoms with Gasteiger partial charge in [-0.1, -0.05) is 54.1 Å². The van der Waals surface area contributed by atoms with Crippen molar-refractivity contribution < 1.29 is 9.32 Å². The molecular weight excluding hydrogens is 290 g/mol. The maximum Gasteiger partial charge on any atom is 0.358 e. The lowest BCUT2D eigenvalue weighted by atomic mass is 10.1. The van der Waals surface area contributed by atoms with Gasteiger partial charge >= 0.3 is 5.63 Å². The highest BCUT2D eigenvalue weighted by Gasteiger charge is 2.19. The smallest absolute Gasteiger partial charge is 0.328 e. The summed E-state index contributed by atoms with van der Waals surface area (Å²) in [5.41, 5.74) is 0.791. The lowest BCUT2D eigenvalue weighted by Crippen LogP contribution is -2.13. The van der Waals surface area contributed by atoms with Crippen molar-refractivity contribution in [3.8, 4) is 11.3 Å². The molecule has 0 atom stereocenters. The fraction of sp³-hybridized carbons (Fsp3) is 0. The Morgan fingerprint density at radius 3 is 2.38 bits per heavy atom. The van der Waals surface area contributed by atoms with Crippen LogP contribution in [0.4, 0.5) is 0 Å². The summed E-state index contributed by atoms with van der Waals surface area (Å²) >= 11 is 6.02. The van der Waals surface area contributed by atoms with Gasteiger partial charge in [0.25, 0.3) is 5.91 Å². The summed E-state index contributed by atoms with van der Waals surface area (Å²) < 4.78 is 5.96. The fourth-order valence-electron chi connectivity index (χ4n) is 2.04. The average molecular weight is 300 g/mol. The summed E-state index contributed by atoms with van der Waals surface area (Å²) in [7, 11) is 0. The van der Waals surface area contributed by atoms with Crippen LogP contribution in [0, 0.1) is 0 Å². The van der Waals surface area contributed by atoms with Gasteiger partial charge in [0.15, 0.2) is 0 Å². The zero-order valence-electron chi connectivity index (χ0n) is 10.8. The van der Waals surface area contributed by atoms with Gasteiger partial charge in [-0.2, -0.15) is 0 Å². The molecule has 1 aromatic heterocycles. The van der Waals surface area contributed by atoms with Crippen molar-refractivity contribution in [2.24, 2.45) is 0 Å². The third-order valence-corrected chi connectivity index (χ3v) is 3.34. The number of carbonyl (C=O) groups excluding carboxylic acids is 1. The van der Waals surface area contributed by atoms with Crippen LogP contribution in [0.1, 0.15) is 10.4 Å². The van der Waals surface area contributed by atoms with E-state index in [9.17, 15) is 9.59 Å². The first-order valence-corrected chi connectivity index (χ1v) is 6.62. The highest BCUT2D eigenvalue weighted by atomic mass is 35.5. The Morgan fingerprint density at radius 2 is 1.67 bits per heavy atom. The minimum Gasteiger partial charge on any atom is -0.328 e. The number of nitrogens with zero attached hydrogens (tertiary/aromatic N) is 1. The summed E-state index contributed by atoms with van der Waals surface area (Å²) in [4.78, 5) is 24.1. The van der Waals surface area contributed by atoms with E-state index < -0.39 is 11.5 Å². The van der Waals surface area contributed by atoms with Crippen LogP contribution >= 0.6 is 11.6 Å². The number of benzene rings is 2. The summed E-state index contributed by atoms with van der Waals surface area (Å²) in [6.07, 6.45) is 0. The van der Waals surface area contributed by atoms with Crippen LogP contribution in [-0.4, -0.2) is 10.6 Å². The molecule has 2 aromatic carbocycles. The molecule has 4 nitrogen and oxygen atoms in total. The molecule has 0 aliphatic carbocycles. The molecular formula is C16H10ClNO3. The minimum atomic E-state index is -0.589. The monoisotopic (exact) mass is 299 g/mol. The third-order valence-electron chi connectivity index (χ3n) is 3.01. The number of hydrogen-bond acceptors (Lipinski definition) is 3. The Morgan fingerprint density at radius 1 is 1.00 bits per heavy atom. The Labute approximate surface area is 125 Å². The summed E-state index contributed by atoms with van der Waals surface area (Å²) in [5, 5.41) is 0.304. The molecule has 3 aromatic rings. The molecule has 0 amide bonds. The molecule has 1 heterocycles. The van der Waals surface area contributed by atoms with Crippen molar-refractivity contribution >= 4 is 17.5 Å². The van der Waals surface area contributed by atoms with E-state index in [2.05, 4.69) is 0 Å². The van der Waals surface area contributed by atoms with Crippen LogP contribution < -0.4 is 5.63 Å². The van der Waals surface area contributed by atoms with Gasteiger partial charge < -0.3 is 4.52 Å². The lowest BCUT2D eigenvalue weighted by Gasteiger charge is -2.06. The first-order chi connectivity index (χ1) is 10.2. The first-order valence-electron chi connectivity index (χ1n) is 6.25. The van der Waals surface area contributed by atoms with Crippen molar-refractivity contribution in [3.63, 3.8) is 0 Å². The predicted octanol–water partition coefficient (Wildman–Crippen LogP) is 3.45. The summed E-state index contributed by atoms with van der Waals surface area (Å²) in [5.74, 6) is -0.485. The standard InChI is InChI=1S/C16H10ClNO3/c17-13-9-5-4-8-12(13)16(20)18-14(10-15(19)21-18)11-6-2-1-3-7-11/h1-10H. The molecule has 0 aliphatic rings. The van der Waals surface area contributed by atoms with Crippen LogP contribution in [0.25, 0.3) is 11.3 Å². The predicted molar refractivity (Wildman–Crippen MR) is 79.6 cm³/mol. The maximum absolute atomic E-state index is 12.5. The summed E-state index contributed by atoms with van der Waals surface area (Å²) in [6, 6.07) is 17.0. The second-order valence-corrected chi connectivity index (χ2v) is 4.79. The molecule has 5 heteroatoms. The van der Waals surface area contributed by atoms with Gasteiger partial charge in [-0.05, 0) is 12.1 Å². The van der Waals surface area contributed by atoms with Gasteiger partial charge in [0.05, 0.1) is 22.3 Å². The highest BCUT2D eigenvalue weighted by Crippen LogP contribution is 2.22. The Bertz CT molecular complexity index is 849. The van der Waals surface area contributed by atoms with Crippen molar-refractivity contribution in [1.29, 1.82) is 0 Å². The number of carbonyl (C=O) groups is 1. The molecule has 0 radical (unpaired) electrons. The second-order valence-electron chi connectivity index (χ2n) is 4.39. The highest BCUT2D eigenvalue weighted by molar-refractivity contribution is 6.33. The minimum absolute atomic E-state index is 0.274. The molecule has 0 N–H and O–H groups in total. The number of rotatable bonds is 2. The number of halogens is 1. The van der Waals surface area contributed by atoms with E-state index in [1.807, 2.05) is 18.2 Å². The van der Waals surface area contributed by atoms with E-state index >= 15 is 0 Å². The molecule has 0 bridgehead atoms. The van der Waals surface area contributed by atoms with Crippen molar-refractivity contribution in [2.75, 3.05) is 0 Å². The quantitative estimate of drug-likeness (QED) is 0.728. The van der Waals surface area contributed by atoms with Crippen LogP contribution in [0.5, 0.6) is 0 Å². The van der Waals surface area contributed by atoms with E-state index in [-0.39, 0.29) is 5.56 Å². The fourth-order valence-corrected chi connectivity index (χ4v) is 2.26. The van der Waals surface area contributed by atoms with Gasteiger partial charge in [0.1, 0.15) is 0 Å². The molecule has 0 spiro atoms. The van der Waals surface area contributed by atoms with Gasteiger partial charge in [-0.25, -0.2) is 4.79 Å². The zero-order chi connectivity index (χ0) is 14.8. The summed E-state index contributed by atoms with van der Waals surface area (Å²) in [6.45, 7) is 0. The van der Waals surface area contributed by atoms with E-state index in [1.165, 1.54) is 6.07 Å². The Kier molecular flexibility index (Phi) is 3.46. The van der Waals surface area contributed by atoms with Crippen molar-refractivity contribution in [3.05, 3.63) is 81.7 Å². The third kappa shape index (κ3) is 2.53. The van der Waals surface area contributed by atoms with E-state index in [4.69, 9.17) is 16.1 Å². The molecule has 0 unspecified atom stereocenters. The van der Waals surface area contributed by atoms with E-state index in [0.717, 1.165) is 4.74 Å². The molecule has 0 fully saturated rings. The van der Waals surface area contributed by atoms with Crippen LogP contribution in [0.3, 0.4) is 0 Å². The van der Waals surface area contributed by atoms with Crippen LogP contribution in [0.15, 0.2) is 70.0 Å². The van der Waals surface area contributed by atoms with Crippen LogP contribution in [-0.2, 0) is 0 Å². The first kappa shape index (κ1) is 13.4.